The van der Waals surface area contributed by atoms with Gasteiger partial charge in [0.2, 0.25) is 0 Å². The van der Waals surface area contributed by atoms with Gasteiger partial charge in [0.25, 0.3) is 5.91 Å². The van der Waals surface area contributed by atoms with E-state index < -0.39 is 0 Å². The number of pyridine rings is 2. The van der Waals surface area contributed by atoms with Gasteiger partial charge in [0, 0.05) is 67.3 Å². The highest BCUT2D eigenvalue weighted by molar-refractivity contribution is 6.11. The van der Waals surface area contributed by atoms with Crippen molar-refractivity contribution in [3.63, 3.8) is 0 Å². The van der Waals surface area contributed by atoms with Crippen molar-refractivity contribution in [3.8, 4) is 33.6 Å². The number of carbonyl (C=O) groups excluding carboxylic acids is 1. The zero-order valence-corrected chi connectivity index (χ0v) is 20.7. The smallest absolute Gasteiger partial charge is 0.271 e. The maximum Gasteiger partial charge on any atom is 0.271 e. The molecule has 0 spiro atoms. The molecule has 4 aromatic heterocycles. The molecule has 0 saturated heterocycles. The number of nitrogens with zero attached hydrogens (tertiary/aromatic N) is 7. The average Bonchev–Trinajstić information content (AvgIpc) is 3.55. The summed E-state index contributed by atoms with van der Waals surface area (Å²) >= 11 is 0. The molecule has 5 heterocycles. The topological polar surface area (TPSA) is 81.7 Å². The Morgan fingerprint density at radius 2 is 1.81 bits per heavy atom. The fourth-order valence-corrected chi connectivity index (χ4v) is 5.44. The van der Waals surface area contributed by atoms with Gasteiger partial charge in [0.15, 0.2) is 5.82 Å². The largest absolute Gasteiger partial charge is 0.339 e. The lowest BCUT2D eigenvalue weighted by molar-refractivity contribution is 0.0752. The van der Waals surface area contributed by atoms with Crippen LogP contribution in [0.2, 0.25) is 0 Å². The van der Waals surface area contributed by atoms with E-state index in [1.165, 1.54) is 19.3 Å². The molecule has 1 aliphatic heterocycles. The van der Waals surface area contributed by atoms with Crippen molar-refractivity contribution < 1.29 is 4.79 Å². The summed E-state index contributed by atoms with van der Waals surface area (Å²) < 4.78 is 4.21. The zero-order chi connectivity index (χ0) is 24.9. The van der Waals surface area contributed by atoms with Crippen LogP contribution in [0.3, 0.4) is 0 Å². The molecule has 1 aliphatic carbocycles. The Bertz CT molecular complexity index is 1630. The number of likely N-dealkylation sites (N-methyl/N-ethyl adjacent to an activating group) is 1. The van der Waals surface area contributed by atoms with Crippen LogP contribution in [0.1, 0.15) is 29.8 Å². The molecule has 2 aliphatic rings. The normalized spacial score (nSPS) is 15.4. The summed E-state index contributed by atoms with van der Waals surface area (Å²) in [4.78, 5) is 24.3. The van der Waals surface area contributed by atoms with Gasteiger partial charge in [-0.2, -0.15) is 0 Å². The molecular formula is C29H27N7O. The third-order valence-electron chi connectivity index (χ3n) is 7.66. The van der Waals surface area contributed by atoms with Crippen LogP contribution in [0.25, 0.3) is 44.7 Å². The summed E-state index contributed by atoms with van der Waals surface area (Å²) in [5.74, 6) is 1.77. The van der Waals surface area contributed by atoms with Gasteiger partial charge >= 0.3 is 0 Å². The molecule has 8 heteroatoms. The summed E-state index contributed by atoms with van der Waals surface area (Å²) in [5.41, 5.74) is 6.46. The Kier molecular flexibility index (Phi) is 5.13. The van der Waals surface area contributed by atoms with E-state index in [-0.39, 0.29) is 5.91 Å². The number of hydrogen-bond donors (Lipinski definition) is 0. The molecule has 1 fully saturated rings. The second-order valence-electron chi connectivity index (χ2n) is 10.1. The van der Waals surface area contributed by atoms with Crippen LogP contribution in [0.5, 0.6) is 0 Å². The summed E-state index contributed by atoms with van der Waals surface area (Å²) in [6.45, 7) is 2.33. The van der Waals surface area contributed by atoms with Crippen molar-refractivity contribution >= 4 is 16.9 Å². The Hall–Kier alpha value is -4.33. The van der Waals surface area contributed by atoms with Crippen LogP contribution in [0.15, 0.2) is 67.4 Å². The molecular weight excluding hydrogens is 462 g/mol. The predicted molar refractivity (Wildman–Crippen MR) is 142 cm³/mol. The van der Waals surface area contributed by atoms with Gasteiger partial charge in [0.05, 0.1) is 0 Å². The van der Waals surface area contributed by atoms with Gasteiger partial charge in [0.1, 0.15) is 17.7 Å². The van der Waals surface area contributed by atoms with E-state index >= 15 is 0 Å². The number of rotatable bonds is 6. The minimum atomic E-state index is 0.00920. The van der Waals surface area contributed by atoms with Gasteiger partial charge < -0.3 is 14.0 Å². The van der Waals surface area contributed by atoms with Gasteiger partial charge in [-0.05, 0) is 41.7 Å². The number of carbonyl (C=O) groups is 1. The lowest BCUT2D eigenvalue weighted by atomic mass is 9.94. The molecule has 1 amide bonds. The highest BCUT2D eigenvalue weighted by atomic mass is 16.2. The van der Waals surface area contributed by atoms with Crippen molar-refractivity contribution in [2.24, 2.45) is 5.92 Å². The summed E-state index contributed by atoms with van der Waals surface area (Å²) in [7, 11) is 1.85. The first-order valence-corrected chi connectivity index (χ1v) is 12.8. The number of hydrogen-bond acceptors (Lipinski definition) is 5. The number of aryl methyl sites for hydroxylation is 1. The Morgan fingerprint density at radius 3 is 2.65 bits per heavy atom. The molecule has 0 N–H and O–H groups in total. The van der Waals surface area contributed by atoms with E-state index in [1.807, 2.05) is 37.8 Å². The van der Waals surface area contributed by atoms with E-state index in [0.717, 1.165) is 63.7 Å². The number of aromatic nitrogens is 6. The molecule has 8 nitrogen and oxygen atoms in total. The monoisotopic (exact) mass is 489 g/mol. The standard InChI is InChI=1S/C29H27N7O/c1-34-15-16-36-26(29(34)37)25(23-3-2-12-31-28(23)36)24-17-30-13-10-22(24)20-6-8-21(9-7-20)27-33-32-18-35(27)14-11-19-4-5-19/h2-3,6-10,12-13,17-19H,4-5,11,14-16H2,1H3. The maximum absolute atomic E-state index is 13.4. The fourth-order valence-electron chi connectivity index (χ4n) is 5.44. The zero-order valence-electron chi connectivity index (χ0n) is 20.7. The molecule has 5 aromatic rings. The Balaban J connectivity index is 1.31. The molecule has 37 heavy (non-hydrogen) atoms. The number of amides is 1. The third-order valence-corrected chi connectivity index (χ3v) is 7.66. The van der Waals surface area contributed by atoms with Gasteiger partial charge in [-0.25, -0.2) is 4.98 Å². The second-order valence-corrected chi connectivity index (χ2v) is 10.1. The Labute approximate surface area is 214 Å². The molecule has 1 aromatic carbocycles. The molecule has 7 rings (SSSR count). The van der Waals surface area contributed by atoms with Crippen molar-refractivity contribution in [1.82, 2.24) is 34.2 Å². The molecule has 0 unspecified atom stereocenters. The Morgan fingerprint density at radius 1 is 0.973 bits per heavy atom. The third kappa shape index (κ3) is 3.71. The van der Waals surface area contributed by atoms with E-state index in [0.29, 0.717) is 12.2 Å². The van der Waals surface area contributed by atoms with Crippen LogP contribution in [0.4, 0.5) is 0 Å². The minimum absolute atomic E-state index is 0.00920. The maximum atomic E-state index is 13.4. The fraction of sp³-hybridized carbons (Fsp3) is 0.276. The molecule has 0 radical (unpaired) electrons. The van der Waals surface area contributed by atoms with Crippen LogP contribution in [-0.4, -0.2) is 53.7 Å². The van der Waals surface area contributed by atoms with Crippen molar-refractivity contribution in [1.29, 1.82) is 0 Å². The lowest BCUT2D eigenvalue weighted by Gasteiger charge is -2.25. The first-order chi connectivity index (χ1) is 18.2. The van der Waals surface area contributed by atoms with Crippen molar-refractivity contribution in [3.05, 3.63) is 73.1 Å². The lowest BCUT2D eigenvalue weighted by Crippen LogP contribution is -2.37. The van der Waals surface area contributed by atoms with Crippen molar-refractivity contribution in [2.75, 3.05) is 13.6 Å². The molecule has 0 atom stereocenters. The van der Waals surface area contributed by atoms with Gasteiger partial charge in [-0.15, -0.1) is 10.2 Å². The highest BCUT2D eigenvalue weighted by Gasteiger charge is 2.31. The first kappa shape index (κ1) is 21.9. The molecule has 184 valence electrons. The average molecular weight is 490 g/mol. The van der Waals surface area contributed by atoms with Crippen LogP contribution in [0, 0.1) is 5.92 Å². The van der Waals surface area contributed by atoms with Crippen LogP contribution >= 0.6 is 0 Å². The number of benzene rings is 1. The van der Waals surface area contributed by atoms with E-state index in [4.69, 9.17) is 0 Å². The summed E-state index contributed by atoms with van der Waals surface area (Å²) in [6, 6.07) is 14.4. The van der Waals surface area contributed by atoms with E-state index in [2.05, 4.69) is 53.6 Å². The highest BCUT2D eigenvalue weighted by Crippen LogP contribution is 2.41. The first-order valence-electron chi connectivity index (χ1n) is 12.8. The summed E-state index contributed by atoms with van der Waals surface area (Å²) in [6.07, 6.45) is 11.2. The van der Waals surface area contributed by atoms with Gasteiger partial charge in [-0.3, -0.25) is 9.78 Å². The van der Waals surface area contributed by atoms with E-state index in [1.54, 1.807) is 17.3 Å². The summed E-state index contributed by atoms with van der Waals surface area (Å²) in [5, 5.41) is 9.53. The molecule has 1 saturated carbocycles. The predicted octanol–water partition coefficient (Wildman–Crippen LogP) is 4.91. The second kappa shape index (κ2) is 8.65. The van der Waals surface area contributed by atoms with Crippen LogP contribution in [-0.2, 0) is 13.1 Å². The quantitative estimate of drug-likeness (QED) is 0.339. The SMILES string of the molecule is CN1CCn2c(c(-c3cnccc3-c3ccc(-c4nncn4CCC4CC4)cc3)c3cccnc32)C1=O. The van der Waals surface area contributed by atoms with E-state index in [9.17, 15) is 4.79 Å². The number of fused-ring (bicyclic) bond motifs is 3. The van der Waals surface area contributed by atoms with Gasteiger partial charge in [-0.1, -0.05) is 37.1 Å². The van der Waals surface area contributed by atoms with Crippen molar-refractivity contribution in [2.45, 2.75) is 32.4 Å². The van der Waals surface area contributed by atoms with Crippen LogP contribution < -0.4 is 0 Å². The molecule has 0 bridgehead atoms. The minimum Gasteiger partial charge on any atom is -0.339 e.